The first-order valence-corrected chi connectivity index (χ1v) is 6.37. The van der Waals surface area contributed by atoms with Crippen LogP contribution in [0.25, 0.3) is 0 Å². The number of likely N-dealkylation sites (N-methyl/N-ethyl adjacent to an activating group) is 1. The fourth-order valence-corrected chi connectivity index (χ4v) is 2.74. The molecule has 2 heteroatoms. The van der Waals surface area contributed by atoms with Crippen LogP contribution in [0.2, 0.25) is 0 Å². The zero-order valence-electron chi connectivity index (χ0n) is 11.0. The molecule has 1 saturated heterocycles. The van der Waals surface area contributed by atoms with Crippen LogP contribution in [-0.2, 0) is 11.2 Å². The number of likely N-dealkylation sites (tertiary alicyclic amines) is 1. The van der Waals surface area contributed by atoms with Gasteiger partial charge in [-0.2, -0.15) is 0 Å². The molecule has 1 unspecified atom stereocenters. The summed E-state index contributed by atoms with van der Waals surface area (Å²) < 4.78 is 0. The summed E-state index contributed by atoms with van der Waals surface area (Å²) in [5.41, 5.74) is 3.69. The van der Waals surface area contributed by atoms with Crippen LogP contribution in [0, 0.1) is 13.8 Å². The minimum Gasteiger partial charge on any atom is -0.298 e. The quantitative estimate of drug-likeness (QED) is 0.796. The van der Waals surface area contributed by atoms with E-state index in [4.69, 9.17) is 0 Å². The highest BCUT2D eigenvalue weighted by Crippen LogP contribution is 2.20. The SMILES string of the molecule is Cc1cccc(C)c1CC(=O)C1CCCN1C. The van der Waals surface area contributed by atoms with E-state index in [-0.39, 0.29) is 6.04 Å². The van der Waals surface area contributed by atoms with Gasteiger partial charge in [0, 0.05) is 6.42 Å². The predicted octanol–water partition coefficient (Wildman–Crippen LogP) is 2.51. The summed E-state index contributed by atoms with van der Waals surface area (Å²) >= 11 is 0. The number of benzene rings is 1. The molecule has 0 aliphatic carbocycles. The minimum absolute atomic E-state index is 0.147. The number of rotatable bonds is 3. The summed E-state index contributed by atoms with van der Waals surface area (Å²) in [6.45, 7) is 5.24. The van der Waals surface area contributed by atoms with Crippen molar-refractivity contribution in [3.05, 3.63) is 34.9 Å². The van der Waals surface area contributed by atoms with Crippen molar-refractivity contribution in [2.24, 2.45) is 0 Å². The van der Waals surface area contributed by atoms with Crippen LogP contribution in [0.3, 0.4) is 0 Å². The molecule has 0 spiro atoms. The van der Waals surface area contributed by atoms with Gasteiger partial charge in [0.25, 0.3) is 0 Å². The van der Waals surface area contributed by atoms with E-state index in [9.17, 15) is 4.79 Å². The monoisotopic (exact) mass is 231 g/mol. The maximum Gasteiger partial charge on any atom is 0.154 e. The van der Waals surface area contributed by atoms with E-state index in [1.807, 2.05) is 0 Å². The predicted molar refractivity (Wildman–Crippen MR) is 70.3 cm³/mol. The second-order valence-corrected chi connectivity index (χ2v) is 5.15. The van der Waals surface area contributed by atoms with Gasteiger partial charge in [0.1, 0.15) is 0 Å². The Kier molecular flexibility index (Phi) is 3.63. The first-order chi connectivity index (χ1) is 8.09. The Morgan fingerprint density at radius 1 is 1.35 bits per heavy atom. The van der Waals surface area contributed by atoms with Crippen LogP contribution in [0.15, 0.2) is 18.2 Å². The number of nitrogens with zero attached hydrogens (tertiary/aromatic N) is 1. The summed E-state index contributed by atoms with van der Waals surface area (Å²) in [5, 5.41) is 0. The zero-order valence-corrected chi connectivity index (χ0v) is 11.0. The van der Waals surface area contributed by atoms with E-state index >= 15 is 0 Å². The van der Waals surface area contributed by atoms with Crippen molar-refractivity contribution < 1.29 is 4.79 Å². The van der Waals surface area contributed by atoms with Crippen molar-refractivity contribution in [3.8, 4) is 0 Å². The normalized spacial score (nSPS) is 20.8. The van der Waals surface area contributed by atoms with Gasteiger partial charge in [-0.1, -0.05) is 18.2 Å². The van der Waals surface area contributed by atoms with Gasteiger partial charge in [0.15, 0.2) is 5.78 Å². The molecule has 1 aliphatic heterocycles. The van der Waals surface area contributed by atoms with Crippen LogP contribution in [0.1, 0.15) is 29.5 Å². The highest BCUT2D eigenvalue weighted by Gasteiger charge is 2.27. The maximum absolute atomic E-state index is 12.3. The van der Waals surface area contributed by atoms with Crippen molar-refractivity contribution in [1.29, 1.82) is 0 Å². The van der Waals surface area contributed by atoms with Crippen LogP contribution in [0.4, 0.5) is 0 Å². The molecule has 1 aliphatic rings. The summed E-state index contributed by atoms with van der Waals surface area (Å²) in [6.07, 6.45) is 2.77. The lowest BCUT2D eigenvalue weighted by Gasteiger charge is -2.19. The van der Waals surface area contributed by atoms with Gasteiger partial charge in [-0.15, -0.1) is 0 Å². The Morgan fingerprint density at radius 2 is 2.00 bits per heavy atom. The van der Waals surface area contributed by atoms with Crippen molar-refractivity contribution in [2.75, 3.05) is 13.6 Å². The van der Waals surface area contributed by atoms with E-state index in [1.165, 1.54) is 16.7 Å². The van der Waals surface area contributed by atoms with Gasteiger partial charge in [-0.3, -0.25) is 9.69 Å². The molecule has 1 aromatic carbocycles. The lowest BCUT2D eigenvalue weighted by Crippen LogP contribution is -2.34. The Bertz CT molecular complexity index is 405. The molecule has 2 rings (SSSR count). The molecule has 0 radical (unpaired) electrons. The zero-order chi connectivity index (χ0) is 12.4. The fourth-order valence-electron chi connectivity index (χ4n) is 2.74. The second-order valence-electron chi connectivity index (χ2n) is 5.15. The highest BCUT2D eigenvalue weighted by molar-refractivity contribution is 5.86. The van der Waals surface area contributed by atoms with Gasteiger partial charge in [-0.05, 0) is 57.0 Å². The molecule has 0 aromatic heterocycles. The first-order valence-electron chi connectivity index (χ1n) is 6.37. The molecule has 1 heterocycles. The van der Waals surface area contributed by atoms with E-state index in [0.29, 0.717) is 12.2 Å². The van der Waals surface area contributed by atoms with Gasteiger partial charge in [0.2, 0.25) is 0 Å². The van der Waals surface area contributed by atoms with Crippen LogP contribution < -0.4 is 0 Å². The third-order valence-electron chi connectivity index (χ3n) is 3.89. The molecule has 1 atom stereocenters. The van der Waals surface area contributed by atoms with Gasteiger partial charge in [-0.25, -0.2) is 0 Å². The number of ketones is 1. The maximum atomic E-state index is 12.3. The largest absolute Gasteiger partial charge is 0.298 e. The second kappa shape index (κ2) is 5.01. The topological polar surface area (TPSA) is 20.3 Å². The average molecular weight is 231 g/mol. The van der Waals surface area contributed by atoms with Crippen molar-refractivity contribution >= 4 is 5.78 Å². The van der Waals surface area contributed by atoms with E-state index in [2.05, 4.69) is 44.0 Å². The minimum atomic E-state index is 0.147. The molecule has 2 nitrogen and oxygen atoms in total. The fraction of sp³-hybridized carbons (Fsp3) is 0.533. The Labute approximate surface area is 104 Å². The van der Waals surface area contributed by atoms with Gasteiger partial charge >= 0.3 is 0 Å². The first kappa shape index (κ1) is 12.3. The molecule has 0 amide bonds. The third-order valence-corrected chi connectivity index (χ3v) is 3.89. The average Bonchev–Trinajstić information content (AvgIpc) is 2.70. The molecule has 1 aromatic rings. The van der Waals surface area contributed by atoms with Crippen LogP contribution in [-0.4, -0.2) is 30.3 Å². The third kappa shape index (κ3) is 2.58. The number of aryl methyl sites for hydroxylation is 2. The van der Waals surface area contributed by atoms with E-state index in [0.717, 1.165) is 19.4 Å². The van der Waals surface area contributed by atoms with Crippen LogP contribution >= 0.6 is 0 Å². The number of hydrogen-bond donors (Lipinski definition) is 0. The van der Waals surface area contributed by atoms with Gasteiger partial charge < -0.3 is 0 Å². The molecule has 92 valence electrons. The smallest absolute Gasteiger partial charge is 0.154 e. The molecule has 1 fully saturated rings. The lowest BCUT2D eigenvalue weighted by molar-refractivity contribution is -0.122. The Morgan fingerprint density at radius 3 is 2.53 bits per heavy atom. The van der Waals surface area contributed by atoms with E-state index < -0.39 is 0 Å². The molecular formula is C15H21NO. The molecule has 17 heavy (non-hydrogen) atoms. The Hall–Kier alpha value is -1.15. The highest BCUT2D eigenvalue weighted by atomic mass is 16.1. The lowest BCUT2D eigenvalue weighted by atomic mass is 9.95. The number of hydrogen-bond acceptors (Lipinski definition) is 2. The number of Topliss-reactive ketones (excluding diaryl/α,β-unsaturated/α-hetero) is 1. The van der Waals surface area contributed by atoms with E-state index in [1.54, 1.807) is 0 Å². The summed E-state index contributed by atoms with van der Waals surface area (Å²) in [5.74, 6) is 0.377. The molecule has 0 saturated carbocycles. The van der Waals surface area contributed by atoms with Crippen molar-refractivity contribution in [1.82, 2.24) is 4.90 Å². The number of carbonyl (C=O) groups is 1. The van der Waals surface area contributed by atoms with Crippen molar-refractivity contribution in [2.45, 2.75) is 39.2 Å². The number of carbonyl (C=O) groups excluding carboxylic acids is 1. The molecular weight excluding hydrogens is 210 g/mol. The standard InChI is InChI=1S/C15H21NO/c1-11-6-4-7-12(2)13(11)10-15(17)14-8-5-9-16(14)3/h4,6-7,14H,5,8-10H2,1-3H3. The van der Waals surface area contributed by atoms with Gasteiger partial charge in [0.05, 0.1) is 6.04 Å². The summed E-state index contributed by atoms with van der Waals surface area (Å²) in [4.78, 5) is 14.5. The van der Waals surface area contributed by atoms with Crippen LogP contribution in [0.5, 0.6) is 0 Å². The van der Waals surface area contributed by atoms with Crippen molar-refractivity contribution in [3.63, 3.8) is 0 Å². The summed E-state index contributed by atoms with van der Waals surface area (Å²) in [7, 11) is 2.06. The Balaban J connectivity index is 2.13. The summed E-state index contributed by atoms with van der Waals surface area (Å²) in [6, 6.07) is 6.39. The molecule has 0 N–H and O–H groups in total. The molecule has 0 bridgehead atoms.